The highest BCUT2D eigenvalue weighted by atomic mass is 16.2. The predicted octanol–water partition coefficient (Wildman–Crippen LogP) is 4.45. The van der Waals surface area contributed by atoms with Gasteiger partial charge in [-0.3, -0.25) is 14.5 Å². The zero-order valence-electron chi connectivity index (χ0n) is 23.9. The lowest BCUT2D eigenvalue weighted by Crippen LogP contribution is -2.48. The van der Waals surface area contributed by atoms with Gasteiger partial charge in [-0.15, -0.1) is 0 Å². The summed E-state index contributed by atoms with van der Waals surface area (Å²) in [4.78, 5) is 34.2. The standard InChI is InChI=1S/C34H42N4O2/c1-26-9-13-29(14-10-26)24-37(21-17-28-7-4-3-5-8-28)31-23-32(34(40)36-20-6-18-35-19-22-36)38(25-31)33(39)30-15-11-27(2)12-16-30/h3-5,7-16,31-32,35H,6,17-25H2,1-2H3. The monoisotopic (exact) mass is 538 g/mol. The van der Waals surface area contributed by atoms with E-state index in [-0.39, 0.29) is 17.9 Å². The maximum absolute atomic E-state index is 14.0. The molecule has 2 heterocycles. The summed E-state index contributed by atoms with van der Waals surface area (Å²) >= 11 is 0. The molecule has 2 aliphatic rings. The van der Waals surface area contributed by atoms with E-state index in [2.05, 4.69) is 65.7 Å². The van der Waals surface area contributed by atoms with Crippen molar-refractivity contribution < 1.29 is 9.59 Å². The second-order valence-electron chi connectivity index (χ2n) is 11.3. The molecule has 6 nitrogen and oxygen atoms in total. The smallest absolute Gasteiger partial charge is 0.254 e. The van der Waals surface area contributed by atoms with Gasteiger partial charge in [0.15, 0.2) is 0 Å². The second kappa shape index (κ2) is 13.2. The number of carbonyl (C=O) groups is 2. The molecule has 2 aliphatic heterocycles. The highest BCUT2D eigenvalue weighted by Gasteiger charge is 2.43. The molecule has 2 unspecified atom stereocenters. The summed E-state index contributed by atoms with van der Waals surface area (Å²) in [5, 5.41) is 3.40. The number of hydrogen-bond acceptors (Lipinski definition) is 4. The molecule has 40 heavy (non-hydrogen) atoms. The van der Waals surface area contributed by atoms with Crippen LogP contribution in [0.25, 0.3) is 0 Å². The first-order valence-corrected chi connectivity index (χ1v) is 14.7. The Morgan fingerprint density at radius 1 is 0.850 bits per heavy atom. The number of carbonyl (C=O) groups excluding carboxylic acids is 2. The van der Waals surface area contributed by atoms with Crippen LogP contribution in [0.1, 0.15) is 45.5 Å². The third kappa shape index (κ3) is 6.98. The largest absolute Gasteiger partial charge is 0.340 e. The van der Waals surface area contributed by atoms with Gasteiger partial charge in [-0.1, -0.05) is 77.9 Å². The Hall–Kier alpha value is -3.48. The Bertz CT molecular complexity index is 1250. The Morgan fingerprint density at radius 2 is 1.55 bits per heavy atom. The molecule has 210 valence electrons. The number of amides is 2. The van der Waals surface area contributed by atoms with Crippen LogP contribution < -0.4 is 5.32 Å². The molecule has 2 saturated heterocycles. The number of hydrogen-bond donors (Lipinski definition) is 1. The van der Waals surface area contributed by atoms with E-state index in [1.807, 2.05) is 47.1 Å². The van der Waals surface area contributed by atoms with E-state index in [0.717, 1.165) is 51.1 Å². The summed E-state index contributed by atoms with van der Waals surface area (Å²) in [5.41, 5.74) is 5.56. The van der Waals surface area contributed by atoms with Crippen molar-refractivity contribution in [1.82, 2.24) is 20.0 Å². The van der Waals surface area contributed by atoms with Gasteiger partial charge in [0.2, 0.25) is 5.91 Å². The molecule has 0 aliphatic carbocycles. The molecule has 3 aromatic carbocycles. The van der Waals surface area contributed by atoms with Crippen LogP contribution >= 0.6 is 0 Å². The van der Waals surface area contributed by atoms with Crippen LogP contribution in [-0.2, 0) is 17.8 Å². The number of aryl methyl sites for hydroxylation is 2. The van der Waals surface area contributed by atoms with Crippen LogP contribution in [0.15, 0.2) is 78.9 Å². The normalized spacial score (nSPS) is 19.6. The molecule has 0 aromatic heterocycles. The van der Waals surface area contributed by atoms with E-state index in [9.17, 15) is 9.59 Å². The molecule has 0 bridgehead atoms. The first-order valence-electron chi connectivity index (χ1n) is 14.7. The van der Waals surface area contributed by atoms with E-state index >= 15 is 0 Å². The van der Waals surface area contributed by atoms with Gasteiger partial charge in [0.05, 0.1) is 0 Å². The van der Waals surface area contributed by atoms with E-state index in [0.29, 0.717) is 25.1 Å². The van der Waals surface area contributed by atoms with Gasteiger partial charge in [0.25, 0.3) is 5.91 Å². The molecule has 5 rings (SSSR count). The fraction of sp³-hybridized carbons (Fsp3) is 0.412. The van der Waals surface area contributed by atoms with Crippen LogP contribution in [0, 0.1) is 13.8 Å². The molecular formula is C34H42N4O2. The Kier molecular flexibility index (Phi) is 9.30. The quantitative estimate of drug-likeness (QED) is 0.460. The third-order valence-electron chi connectivity index (χ3n) is 8.33. The van der Waals surface area contributed by atoms with Gasteiger partial charge in [0.1, 0.15) is 6.04 Å². The van der Waals surface area contributed by atoms with E-state index in [4.69, 9.17) is 0 Å². The van der Waals surface area contributed by atoms with Gasteiger partial charge in [-0.2, -0.15) is 0 Å². The molecule has 0 spiro atoms. The van der Waals surface area contributed by atoms with E-state index in [1.54, 1.807) is 0 Å². The molecule has 6 heteroatoms. The maximum atomic E-state index is 14.0. The Balaban J connectivity index is 1.41. The zero-order chi connectivity index (χ0) is 27.9. The highest BCUT2D eigenvalue weighted by Crippen LogP contribution is 2.28. The molecule has 0 radical (unpaired) electrons. The lowest BCUT2D eigenvalue weighted by molar-refractivity contribution is -0.135. The average Bonchev–Trinajstić information content (AvgIpc) is 3.24. The number of likely N-dealkylation sites (tertiary alicyclic amines) is 1. The molecular weight excluding hydrogens is 496 g/mol. The van der Waals surface area contributed by atoms with Gasteiger partial charge in [-0.25, -0.2) is 0 Å². The maximum Gasteiger partial charge on any atom is 0.254 e. The zero-order valence-corrected chi connectivity index (χ0v) is 23.9. The van der Waals surface area contributed by atoms with Crippen LogP contribution in [0.4, 0.5) is 0 Å². The third-order valence-corrected chi connectivity index (χ3v) is 8.33. The van der Waals surface area contributed by atoms with Gasteiger partial charge in [0, 0.05) is 50.9 Å². The average molecular weight is 539 g/mol. The highest BCUT2D eigenvalue weighted by molar-refractivity contribution is 5.98. The van der Waals surface area contributed by atoms with Crippen LogP contribution in [0.5, 0.6) is 0 Å². The topological polar surface area (TPSA) is 55.9 Å². The SMILES string of the molecule is Cc1ccc(CN(CCc2ccccc2)C2CC(C(=O)N3CCCNCC3)N(C(=O)c3ccc(C)cc3)C2)cc1. The minimum absolute atomic E-state index is 0.0489. The molecule has 1 N–H and O–H groups in total. The lowest BCUT2D eigenvalue weighted by atomic mass is 10.1. The summed E-state index contributed by atoms with van der Waals surface area (Å²) in [6, 6.07) is 26.7. The summed E-state index contributed by atoms with van der Waals surface area (Å²) in [6.45, 7) is 9.48. The van der Waals surface area contributed by atoms with E-state index in [1.165, 1.54) is 16.7 Å². The van der Waals surface area contributed by atoms with Gasteiger partial charge in [-0.05, 0) is 62.9 Å². The molecule has 3 aromatic rings. The minimum atomic E-state index is -0.450. The first kappa shape index (κ1) is 28.1. The summed E-state index contributed by atoms with van der Waals surface area (Å²) in [7, 11) is 0. The van der Waals surface area contributed by atoms with Gasteiger partial charge < -0.3 is 15.1 Å². The van der Waals surface area contributed by atoms with Crippen molar-refractivity contribution in [3.63, 3.8) is 0 Å². The van der Waals surface area contributed by atoms with Crippen molar-refractivity contribution in [2.24, 2.45) is 0 Å². The first-order chi connectivity index (χ1) is 19.5. The molecule has 2 fully saturated rings. The molecule has 2 amide bonds. The number of nitrogens with one attached hydrogen (secondary N) is 1. The van der Waals surface area contributed by atoms with Crippen molar-refractivity contribution in [3.05, 3.63) is 107 Å². The number of benzene rings is 3. The fourth-order valence-corrected chi connectivity index (χ4v) is 5.91. The summed E-state index contributed by atoms with van der Waals surface area (Å²) in [6.07, 6.45) is 2.51. The van der Waals surface area contributed by atoms with Crippen LogP contribution in [-0.4, -0.2) is 77.9 Å². The van der Waals surface area contributed by atoms with Crippen molar-refractivity contribution in [2.75, 3.05) is 39.3 Å². The van der Waals surface area contributed by atoms with Crippen LogP contribution in [0.3, 0.4) is 0 Å². The number of nitrogens with zero attached hydrogens (tertiary/aromatic N) is 3. The van der Waals surface area contributed by atoms with Crippen molar-refractivity contribution in [2.45, 2.75) is 51.7 Å². The second-order valence-corrected chi connectivity index (χ2v) is 11.3. The number of rotatable bonds is 8. The Labute approximate surface area is 239 Å². The predicted molar refractivity (Wildman–Crippen MR) is 160 cm³/mol. The summed E-state index contributed by atoms with van der Waals surface area (Å²) in [5.74, 6) is 0.0390. The van der Waals surface area contributed by atoms with Crippen molar-refractivity contribution in [1.29, 1.82) is 0 Å². The van der Waals surface area contributed by atoms with Crippen molar-refractivity contribution in [3.8, 4) is 0 Å². The Morgan fingerprint density at radius 3 is 2.27 bits per heavy atom. The van der Waals surface area contributed by atoms with Gasteiger partial charge >= 0.3 is 0 Å². The summed E-state index contributed by atoms with van der Waals surface area (Å²) < 4.78 is 0. The fourth-order valence-electron chi connectivity index (χ4n) is 5.91. The molecule has 2 atom stereocenters. The minimum Gasteiger partial charge on any atom is -0.340 e. The van der Waals surface area contributed by atoms with Crippen LogP contribution in [0.2, 0.25) is 0 Å². The lowest BCUT2D eigenvalue weighted by Gasteiger charge is -2.29. The van der Waals surface area contributed by atoms with Crippen molar-refractivity contribution >= 4 is 11.8 Å². The molecule has 0 saturated carbocycles. The van der Waals surface area contributed by atoms with E-state index < -0.39 is 6.04 Å².